The van der Waals surface area contributed by atoms with Gasteiger partial charge in [0.25, 0.3) is 0 Å². The summed E-state index contributed by atoms with van der Waals surface area (Å²) in [6.07, 6.45) is 2.05. The van der Waals surface area contributed by atoms with E-state index in [2.05, 4.69) is 10.5 Å². The van der Waals surface area contributed by atoms with E-state index in [4.69, 9.17) is 0 Å². The van der Waals surface area contributed by atoms with Gasteiger partial charge in [0.05, 0.1) is 12.6 Å². The minimum Gasteiger partial charge on any atom is -0.273 e. The van der Waals surface area contributed by atoms with Crippen LogP contribution in [0.4, 0.5) is 0 Å². The van der Waals surface area contributed by atoms with Crippen LogP contribution in [0.1, 0.15) is 16.0 Å². The fourth-order valence-corrected chi connectivity index (χ4v) is 2.22. The maximum absolute atomic E-state index is 11.6. The monoisotopic (exact) mass is 258 g/mol. The smallest absolute Gasteiger partial charge is 0.245 e. The van der Waals surface area contributed by atoms with Gasteiger partial charge in [-0.25, -0.2) is 5.43 Å². The van der Waals surface area contributed by atoms with Crippen LogP contribution in [0.5, 0.6) is 0 Å². The van der Waals surface area contributed by atoms with E-state index in [9.17, 15) is 4.79 Å². The molecular formula is C14H14N2OS. The van der Waals surface area contributed by atoms with E-state index in [1.165, 1.54) is 0 Å². The molecule has 2 rings (SSSR count). The topological polar surface area (TPSA) is 41.5 Å². The first-order valence-electron chi connectivity index (χ1n) is 5.65. The first-order valence-corrected chi connectivity index (χ1v) is 6.53. The number of amides is 1. The Morgan fingerprint density at radius 3 is 2.89 bits per heavy atom. The Hall–Kier alpha value is -1.94. The van der Waals surface area contributed by atoms with Gasteiger partial charge >= 0.3 is 0 Å². The molecule has 18 heavy (non-hydrogen) atoms. The van der Waals surface area contributed by atoms with E-state index in [0.717, 1.165) is 16.0 Å². The molecule has 1 heterocycles. The van der Waals surface area contributed by atoms with Crippen molar-refractivity contribution in [1.29, 1.82) is 0 Å². The van der Waals surface area contributed by atoms with Crippen molar-refractivity contribution in [3.63, 3.8) is 0 Å². The summed E-state index contributed by atoms with van der Waals surface area (Å²) < 4.78 is 0. The second-order valence-corrected chi connectivity index (χ2v) is 4.94. The molecule has 1 aromatic heterocycles. The first kappa shape index (κ1) is 12.5. The number of hydrazone groups is 1. The number of thiophene rings is 1. The molecule has 1 N–H and O–H groups in total. The lowest BCUT2D eigenvalue weighted by molar-refractivity contribution is -0.120. The van der Waals surface area contributed by atoms with Crippen LogP contribution in [0.3, 0.4) is 0 Å². The lowest BCUT2D eigenvalue weighted by Gasteiger charge is -1.99. The number of nitrogens with zero attached hydrogens (tertiary/aromatic N) is 1. The number of benzene rings is 1. The van der Waals surface area contributed by atoms with Crippen molar-refractivity contribution in [1.82, 2.24) is 5.43 Å². The van der Waals surface area contributed by atoms with Crippen molar-refractivity contribution < 1.29 is 4.79 Å². The predicted octanol–water partition coefficient (Wildman–Crippen LogP) is 2.75. The Kier molecular flexibility index (Phi) is 4.25. The molecule has 0 radical (unpaired) electrons. The quantitative estimate of drug-likeness (QED) is 0.665. The first-order chi connectivity index (χ1) is 8.75. The standard InChI is InChI=1S/C14H14N2OS/c1-11-5-2-3-6-12(11)10-15-16-14(17)9-13-7-4-8-18-13/h2-8,10H,9H2,1H3,(H,16,17)/b15-10+. The van der Waals surface area contributed by atoms with Gasteiger partial charge in [0, 0.05) is 4.88 Å². The number of nitrogens with one attached hydrogen (secondary N) is 1. The average molecular weight is 258 g/mol. The number of hydrogen-bond donors (Lipinski definition) is 1. The maximum Gasteiger partial charge on any atom is 0.245 e. The van der Waals surface area contributed by atoms with Crippen molar-refractivity contribution in [2.24, 2.45) is 5.10 Å². The summed E-state index contributed by atoms with van der Waals surface area (Å²) in [4.78, 5) is 12.6. The largest absolute Gasteiger partial charge is 0.273 e. The molecule has 4 heteroatoms. The molecule has 92 valence electrons. The molecule has 0 aliphatic rings. The van der Waals surface area contributed by atoms with Crippen LogP contribution in [0.25, 0.3) is 0 Å². The van der Waals surface area contributed by atoms with Crippen molar-refractivity contribution >= 4 is 23.5 Å². The third-order valence-corrected chi connectivity index (χ3v) is 3.37. The second kappa shape index (κ2) is 6.12. The van der Waals surface area contributed by atoms with Crippen LogP contribution >= 0.6 is 11.3 Å². The molecule has 0 aliphatic heterocycles. The Morgan fingerprint density at radius 1 is 1.33 bits per heavy atom. The maximum atomic E-state index is 11.6. The van der Waals surface area contributed by atoms with Gasteiger partial charge in [0.1, 0.15) is 0 Å². The van der Waals surface area contributed by atoms with Gasteiger partial charge in [-0.1, -0.05) is 30.3 Å². The molecule has 1 aromatic carbocycles. The highest BCUT2D eigenvalue weighted by Crippen LogP contribution is 2.08. The molecule has 1 amide bonds. The van der Waals surface area contributed by atoms with Crippen molar-refractivity contribution in [2.45, 2.75) is 13.3 Å². The molecule has 0 saturated heterocycles. The van der Waals surface area contributed by atoms with Gasteiger partial charge in [0.2, 0.25) is 5.91 Å². The van der Waals surface area contributed by atoms with E-state index in [1.807, 2.05) is 48.7 Å². The minimum absolute atomic E-state index is 0.0951. The predicted molar refractivity (Wildman–Crippen MR) is 74.9 cm³/mol. The molecule has 0 spiro atoms. The third-order valence-electron chi connectivity index (χ3n) is 2.50. The van der Waals surface area contributed by atoms with E-state index in [-0.39, 0.29) is 5.91 Å². The van der Waals surface area contributed by atoms with Gasteiger partial charge in [-0.2, -0.15) is 5.10 Å². The summed E-state index contributed by atoms with van der Waals surface area (Å²) in [5, 5.41) is 5.92. The van der Waals surface area contributed by atoms with Gasteiger partial charge in [-0.15, -0.1) is 11.3 Å². The van der Waals surface area contributed by atoms with Crippen LogP contribution in [-0.4, -0.2) is 12.1 Å². The number of hydrogen-bond acceptors (Lipinski definition) is 3. The molecule has 0 saturated carbocycles. The van der Waals surface area contributed by atoms with Gasteiger partial charge in [-0.3, -0.25) is 4.79 Å². The van der Waals surface area contributed by atoms with Crippen LogP contribution in [0, 0.1) is 6.92 Å². The summed E-state index contributed by atoms with van der Waals surface area (Å²) in [5.74, 6) is -0.0951. The number of aryl methyl sites for hydroxylation is 1. The SMILES string of the molecule is Cc1ccccc1/C=N/NC(=O)Cc1cccs1. The van der Waals surface area contributed by atoms with Gasteiger partial charge in [0.15, 0.2) is 0 Å². The van der Waals surface area contributed by atoms with Crippen molar-refractivity contribution in [3.8, 4) is 0 Å². The van der Waals surface area contributed by atoms with Crippen molar-refractivity contribution in [3.05, 3.63) is 57.8 Å². The van der Waals surface area contributed by atoms with Crippen LogP contribution in [-0.2, 0) is 11.2 Å². The highest BCUT2D eigenvalue weighted by atomic mass is 32.1. The molecule has 3 nitrogen and oxygen atoms in total. The lowest BCUT2D eigenvalue weighted by atomic mass is 10.1. The molecule has 0 aliphatic carbocycles. The van der Waals surface area contributed by atoms with E-state index in [0.29, 0.717) is 6.42 Å². The molecule has 0 unspecified atom stereocenters. The number of rotatable bonds is 4. The lowest BCUT2D eigenvalue weighted by Crippen LogP contribution is -2.19. The average Bonchev–Trinajstić information content (AvgIpc) is 2.84. The van der Waals surface area contributed by atoms with E-state index >= 15 is 0 Å². The third kappa shape index (κ3) is 3.53. The Balaban J connectivity index is 1.88. The van der Waals surface area contributed by atoms with Gasteiger partial charge in [-0.05, 0) is 29.5 Å². The summed E-state index contributed by atoms with van der Waals surface area (Å²) in [6, 6.07) is 11.8. The van der Waals surface area contributed by atoms with Crippen LogP contribution < -0.4 is 5.43 Å². The number of carbonyl (C=O) groups is 1. The molecule has 0 fully saturated rings. The molecular weight excluding hydrogens is 244 g/mol. The zero-order valence-electron chi connectivity index (χ0n) is 10.1. The Bertz CT molecular complexity index is 547. The molecule has 0 atom stereocenters. The zero-order chi connectivity index (χ0) is 12.8. The normalized spacial score (nSPS) is 10.7. The Labute approximate surface area is 110 Å². The summed E-state index contributed by atoms with van der Waals surface area (Å²) >= 11 is 1.57. The fraction of sp³-hybridized carbons (Fsp3) is 0.143. The van der Waals surface area contributed by atoms with Crippen molar-refractivity contribution in [2.75, 3.05) is 0 Å². The van der Waals surface area contributed by atoms with Gasteiger partial charge < -0.3 is 0 Å². The Morgan fingerprint density at radius 2 is 2.17 bits per heavy atom. The number of carbonyl (C=O) groups excluding carboxylic acids is 1. The second-order valence-electron chi connectivity index (χ2n) is 3.91. The highest BCUT2D eigenvalue weighted by Gasteiger charge is 2.02. The van der Waals surface area contributed by atoms with Crippen LogP contribution in [0.15, 0.2) is 46.9 Å². The van der Waals surface area contributed by atoms with Crippen LogP contribution in [0.2, 0.25) is 0 Å². The van der Waals surface area contributed by atoms with E-state index in [1.54, 1.807) is 17.6 Å². The highest BCUT2D eigenvalue weighted by molar-refractivity contribution is 7.10. The summed E-state index contributed by atoms with van der Waals surface area (Å²) in [6.45, 7) is 2.01. The zero-order valence-corrected chi connectivity index (χ0v) is 10.9. The van der Waals surface area contributed by atoms with E-state index < -0.39 is 0 Å². The summed E-state index contributed by atoms with van der Waals surface area (Å²) in [7, 11) is 0. The fourth-order valence-electron chi connectivity index (χ4n) is 1.52. The molecule has 2 aromatic rings. The summed E-state index contributed by atoms with van der Waals surface area (Å²) in [5.41, 5.74) is 4.68. The minimum atomic E-state index is -0.0951. The molecule has 0 bridgehead atoms.